The Balaban J connectivity index is 0.000000152. The summed E-state index contributed by atoms with van der Waals surface area (Å²) in [6, 6.07) is 7.89. The zero-order chi connectivity index (χ0) is 19.0. The molecule has 0 fully saturated rings. The Morgan fingerprint density at radius 1 is 0.769 bits per heavy atom. The van der Waals surface area contributed by atoms with E-state index in [2.05, 4.69) is 9.57 Å². The van der Waals surface area contributed by atoms with Crippen molar-refractivity contribution in [1.29, 1.82) is 0 Å². The van der Waals surface area contributed by atoms with E-state index in [1.807, 2.05) is 0 Å². The number of aromatic hydroxyl groups is 2. The number of carbonyl (C=O) groups is 4. The van der Waals surface area contributed by atoms with Crippen molar-refractivity contribution >= 4 is 23.8 Å². The first-order valence-corrected chi connectivity index (χ1v) is 7.19. The van der Waals surface area contributed by atoms with Gasteiger partial charge in [-0.3, -0.25) is 14.4 Å². The summed E-state index contributed by atoms with van der Waals surface area (Å²) in [6.45, 7) is 0. The lowest BCUT2D eigenvalue weighted by Gasteiger charge is -2.07. The van der Waals surface area contributed by atoms with Gasteiger partial charge in [-0.1, -0.05) is 0 Å². The number of rotatable bonds is 1. The van der Waals surface area contributed by atoms with Crippen molar-refractivity contribution in [2.75, 3.05) is 7.11 Å². The zero-order valence-corrected chi connectivity index (χ0v) is 13.3. The Morgan fingerprint density at radius 3 is 1.88 bits per heavy atom. The minimum Gasteiger partial charge on any atom is -0.508 e. The van der Waals surface area contributed by atoms with Gasteiger partial charge >= 0.3 is 11.9 Å². The van der Waals surface area contributed by atoms with Gasteiger partial charge in [-0.15, -0.1) is 5.06 Å². The second-order valence-corrected chi connectivity index (χ2v) is 5.22. The molecule has 2 aromatic carbocycles. The highest BCUT2D eigenvalue weighted by molar-refractivity contribution is 6.20. The maximum atomic E-state index is 11.5. The van der Waals surface area contributed by atoms with Crippen LogP contribution in [0.15, 0.2) is 36.4 Å². The standard InChI is InChI=1S/C9H7NO4.C8H4O4/c1-14-10-8(12)6-3-2-5(11)4-7(6)9(10)13;9-4-1-2-5-6(3-4)8(11)12-7(5)10/h2-4,11H,1H3;1-3,9H. The Kier molecular flexibility index (Phi) is 4.15. The van der Waals surface area contributed by atoms with Crippen LogP contribution in [0, 0.1) is 0 Å². The average molecular weight is 357 g/mol. The largest absolute Gasteiger partial charge is 0.508 e. The maximum Gasteiger partial charge on any atom is 0.347 e. The van der Waals surface area contributed by atoms with Crippen LogP contribution in [-0.2, 0) is 9.57 Å². The summed E-state index contributed by atoms with van der Waals surface area (Å²) in [5.41, 5.74) is 0.740. The van der Waals surface area contributed by atoms with Crippen LogP contribution in [0.25, 0.3) is 0 Å². The van der Waals surface area contributed by atoms with E-state index in [1.165, 1.54) is 43.5 Å². The molecule has 0 saturated carbocycles. The molecule has 2 N–H and O–H groups in total. The summed E-state index contributed by atoms with van der Waals surface area (Å²) in [4.78, 5) is 49.3. The third-order valence-corrected chi connectivity index (χ3v) is 3.64. The molecule has 2 aliphatic rings. The number of cyclic esters (lactones) is 2. The maximum absolute atomic E-state index is 11.5. The second kappa shape index (κ2) is 6.30. The first-order valence-electron chi connectivity index (χ1n) is 7.19. The van der Waals surface area contributed by atoms with Gasteiger partial charge in [0.1, 0.15) is 11.5 Å². The lowest BCUT2D eigenvalue weighted by molar-refractivity contribution is -0.0645. The smallest absolute Gasteiger partial charge is 0.347 e. The first kappa shape index (κ1) is 17.1. The molecule has 2 aliphatic heterocycles. The normalized spacial score (nSPS) is 14.6. The molecule has 0 radical (unpaired) electrons. The lowest BCUT2D eigenvalue weighted by Crippen LogP contribution is -2.28. The molecule has 0 bridgehead atoms. The number of esters is 2. The highest BCUT2D eigenvalue weighted by Gasteiger charge is 2.36. The monoisotopic (exact) mass is 357 g/mol. The Hall–Kier alpha value is -3.72. The molecule has 2 aromatic rings. The van der Waals surface area contributed by atoms with Gasteiger partial charge in [0, 0.05) is 0 Å². The number of fused-ring (bicyclic) bond motifs is 2. The Bertz CT molecular complexity index is 965. The summed E-state index contributed by atoms with van der Waals surface area (Å²) in [5.74, 6) is -2.53. The molecule has 0 aromatic heterocycles. The summed E-state index contributed by atoms with van der Waals surface area (Å²) in [6.07, 6.45) is 0. The van der Waals surface area contributed by atoms with Gasteiger partial charge < -0.3 is 14.9 Å². The topological polar surface area (TPSA) is 130 Å². The molecule has 0 unspecified atom stereocenters. The summed E-state index contributed by atoms with van der Waals surface area (Å²) >= 11 is 0. The van der Waals surface area contributed by atoms with Crippen molar-refractivity contribution in [1.82, 2.24) is 5.06 Å². The number of benzene rings is 2. The number of phenolic OH excluding ortho intramolecular Hbond substituents is 2. The molecule has 132 valence electrons. The number of hydrogen-bond donors (Lipinski definition) is 2. The summed E-state index contributed by atoms with van der Waals surface area (Å²) in [7, 11) is 1.24. The van der Waals surface area contributed by atoms with E-state index < -0.39 is 23.8 Å². The minimum absolute atomic E-state index is 0.0529. The van der Waals surface area contributed by atoms with Gasteiger partial charge in [-0.25, -0.2) is 9.59 Å². The predicted octanol–water partition coefficient (Wildman–Crippen LogP) is 1.25. The van der Waals surface area contributed by atoms with Gasteiger partial charge in [-0.2, -0.15) is 0 Å². The molecule has 4 rings (SSSR count). The quantitative estimate of drug-likeness (QED) is 0.443. The molecule has 0 aliphatic carbocycles. The summed E-state index contributed by atoms with van der Waals surface area (Å²) in [5, 5.41) is 18.8. The van der Waals surface area contributed by atoms with Gasteiger partial charge in [0.2, 0.25) is 0 Å². The second-order valence-electron chi connectivity index (χ2n) is 5.22. The van der Waals surface area contributed by atoms with Crippen LogP contribution in [0.4, 0.5) is 0 Å². The average Bonchev–Trinajstić information content (AvgIpc) is 3.01. The van der Waals surface area contributed by atoms with Gasteiger partial charge in [0.15, 0.2) is 0 Å². The fourth-order valence-corrected chi connectivity index (χ4v) is 2.45. The number of imide groups is 1. The van der Waals surface area contributed by atoms with Crippen molar-refractivity contribution in [3.63, 3.8) is 0 Å². The van der Waals surface area contributed by atoms with E-state index in [4.69, 9.17) is 10.2 Å². The van der Waals surface area contributed by atoms with E-state index in [-0.39, 0.29) is 33.8 Å². The lowest BCUT2D eigenvalue weighted by atomic mass is 10.1. The molecule has 9 nitrogen and oxygen atoms in total. The third kappa shape index (κ3) is 2.76. The van der Waals surface area contributed by atoms with Crippen LogP contribution in [0.2, 0.25) is 0 Å². The Morgan fingerprint density at radius 2 is 1.27 bits per heavy atom. The highest BCUT2D eigenvalue weighted by Crippen LogP contribution is 2.26. The fraction of sp³-hybridized carbons (Fsp3) is 0.0588. The van der Waals surface area contributed by atoms with Crippen molar-refractivity contribution in [2.45, 2.75) is 0 Å². The molecule has 0 atom stereocenters. The minimum atomic E-state index is -0.703. The molecular weight excluding hydrogens is 346 g/mol. The highest BCUT2D eigenvalue weighted by atomic mass is 16.7. The van der Waals surface area contributed by atoms with Crippen LogP contribution < -0.4 is 0 Å². The zero-order valence-electron chi connectivity index (χ0n) is 13.3. The van der Waals surface area contributed by atoms with Crippen molar-refractivity contribution < 1.29 is 39.0 Å². The number of ether oxygens (including phenoxy) is 1. The first-order chi connectivity index (χ1) is 12.3. The van der Waals surface area contributed by atoms with Crippen LogP contribution in [0.3, 0.4) is 0 Å². The molecule has 2 heterocycles. The van der Waals surface area contributed by atoms with Gasteiger partial charge in [-0.05, 0) is 36.4 Å². The van der Waals surface area contributed by atoms with Crippen LogP contribution in [-0.4, -0.2) is 46.1 Å². The molecule has 26 heavy (non-hydrogen) atoms. The van der Waals surface area contributed by atoms with Crippen LogP contribution >= 0.6 is 0 Å². The Labute approximate surface area is 145 Å². The van der Waals surface area contributed by atoms with Crippen molar-refractivity contribution in [3.8, 4) is 11.5 Å². The molecule has 0 saturated heterocycles. The van der Waals surface area contributed by atoms with E-state index in [0.29, 0.717) is 5.06 Å². The van der Waals surface area contributed by atoms with Crippen molar-refractivity contribution in [3.05, 3.63) is 58.7 Å². The van der Waals surface area contributed by atoms with Crippen LogP contribution in [0.5, 0.6) is 11.5 Å². The van der Waals surface area contributed by atoms with Crippen molar-refractivity contribution in [2.24, 2.45) is 0 Å². The number of amides is 2. The summed E-state index contributed by atoms with van der Waals surface area (Å²) < 4.78 is 4.30. The van der Waals surface area contributed by atoms with E-state index in [1.54, 1.807) is 0 Å². The van der Waals surface area contributed by atoms with E-state index >= 15 is 0 Å². The van der Waals surface area contributed by atoms with E-state index in [0.717, 1.165) is 0 Å². The van der Waals surface area contributed by atoms with Gasteiger partial charge in [0.25, 0.3) is 11.8 Å². The van der Waals surface area contributed by atoms with E-state index in [9.17, 15) is 19.2 Å². The number of carbonyl (C=O) groups excluding carboxylic acids is 4. The number of nitrogens with zero attached hydrogens (tertiary/aromatic N) is 1. The molecule has 9 heteroatoms. The number of hydrogen-bond acceptors (Lipinski definition) is 8. The SMILES string of the molecule is CON1C(=O)c2ccc(O)cc2C1=O.O=C1OC(=O)c2cc(O)ccc21. The number of phenols is 2. The predicted molar refractivity (Wildman–Crippen MR) is 83.5 cm³/mol. The molecule has 0 spiro atoms. The molecular formula is C17H11NO8. The fourth-order valence-electron chi connectivity index (χ4n) is 2.45. The third-order valence-electron chi connectivity index (χ3n) is 3.64. The van der Waals surface area contributed by atoms with Crippen LogP contribution in [0.1, 0.15) is 41.4 Å². The van der Waals surface area contributed by atoms with Gasteiger partial charge in [0.05, 0.1) is 29.4 Å². The number of hydroxylamine groups is 2. The molecule has 2 amide bonds.